The van der Waals surface area contributed by atoms with Crippen LogP contribution >= 0.6 is 0 Å². The summed E-state index contributed by atoms with van der Waals surface area (Å²) in [7, 11) is 0. The number of hydrogen-bond donors (Lipinski definition) is 0. The van der Waals surface area contributed by atoms with Crippen LogP contribution in [0.25, 0.3) is 0 Å². The van der Waals surface area contributed by atoms with E-state index in [9.17, 15) is 4.79 Å². The van der Waals surface area contributed by atoms with E-state index in [4.69, 9.17) is 0 Å². The van der Waals surface area contributed by atoms with E-state index in [2.05, 4.69) is 24.0 Å². The van der Waals surface area contributed by atoms with Crippen molar-refractivity contribution in [2.75, 3.05) is 26.2 Å². The fraction of sp³-hybridized carbons (Fsp3) is 0.632. The Morgan fingerprint density at radius 1 is 0.955 bits per heavy atom. The number of nitrogens with zero attached hydrogens (tertiary/aromatic N) is 2. The SMILES string of the molecule is CC(=O)N1CCN(C2CCCCC2)CC1.Cc1ccccc1. The smallest absolute Gasteiger partial charge is 0.219 e. The summed E-state index contributed by atoms with van der Waals surface area (Å²) >= 11 is 0. The van der Waals surface area contributed by atoms with Crippen LogP contribution in [0.4, 0.5) is 0 Å². The average molecular weight is 302 g/mol. The molecule has 2 aliphatic rings. The maximum atomic E-state index is 11.2. The number of aryl methyl sites for hydroxylation is 1. The number of benzene rings is 1. The molecule has 0 N–H and O–H groups in total. The lowest BCUT2D eigenvalue weighted by Crippen LogP contribution is -2.51. The minimum atomic E-state index is 0.235. The van der Waals surface area contributed by atoms with E-state index in [1.807, 2.05) is 23.1 Å². The van der Waals surface area contributed by atoms with Gasteiger partial charge in [-0.2, -0.15) is 0 Å². The fourth-order valence-corrected chi connectivity index (χ4v) is 3.38. The maximum absolute atomic E-state index is 11.2. The van der Waals surface area contributed by atoms with Crippen LogP contribution in [-0.4, -0.2) is 47.9 Å². The lowest BCUT2D eigenvalue weighted by molar-refractivity contribution is -0.131. The van der Waals surface area contributed by atoms with Gasteiger partial charge in [-0.05, 0) is 19.8 Å². The van der Waals surface area contributed by atoms with Crippen LogP contribution in [0.5, 0.6) is 0 Å². The molecule has 0 aromatic heterocycles. The summed E-state index contributed by atoms with van der Waals surface area (Å²) in [5.74, 6) is 0.235. The van der Waals surface area contributed by atoms with E-state index in [0.29, 0.717) is 0 Å². The van der Waals surface area contributed by atoms with Crippen molar-refractivity contribution < 1.29 is 4.79 Å². The van der Waals surface area contributed by atoms with Crippen molar-refractivity contribution >= 4 is 5.91 Å². The van der Waals surface area contributed by atoms with Gasteiger partial charge in [-0.25, -0.2) is 0 Å². The number of amides is 1. The highest BCUT2D eigenvalue weighted by Gasteiger charge is 2.25. The van der Waals surface area contributed by atoms with E-state index in [-0.39, 0.29) is 5.91 Å². The average Bonchev–Trinajstić information content (AvgIpc) is 2.57. The molecule has 1 aliphatic heterocycles. The lowest BCUT2D eigenvalue weighted by atomic mass is 9.94. The van der Waals surface area contributed by atoms with E-state index < -0.39 is 0 Å². The van der Waals surface area contributed by atoms with Gasteiger partial charge in [0.1, 0.15) is 0 Å². The minimum Gasteiger partial charge on any atom is -0.340 e. The Morgan fingerprint density at radius 3 is 2.00 bits per heavy atom. The third-order valence-electron chi connectivity index (χ3n) is 4.79. The number of carbonyl (C=O) groups excluding carboxylic acids is 1. The summed E-state index contributed by atoms with van der Waals surface area (Å²) in [6, 6.07) is 11.1. The Labute approximate surface area is 135 Å². The molecule has 0 spiro atoms. The molecule has 0 atom stereocenters. The first kappa shape index (κ1) is 17.0. The molecule has 1 aromatic rings. The van der Waals surface area contributed by atoms with Crippen LogP contribution in [0.15, 0.2) is 30.3 Å². The van der Waals surface area contributed by atoms with Gasteiger partial charge in [0.2, 0.25) is 5.91 Å². The van der Waals surface area contributed by atoms with Crippen molar-refractivity contribution in [1.82, 2.24) is 9.80 Å². The van der Waals surface area contributed by atoms with Gasteiger partial charge >= 0.3 is 0 Å². The van der Waals surface area contributed by atoms with E-state index in [1.165, 1.54) is 37.7 Å². The molecule has 1 heterocycles. The van der Waals surface area contributed by atoms with Crippen LogP contribution in [-0.2, 0) is 4.79 Å². The molecular weight excluding hydrogens is 272 g/mol. The summed E-state index contributed by atoms with van der Waals surface area (Å²) in [6.45, 7) is 7.81. The molecule has 3 nitrogen and oxygen atoms in total. The molecule has 1 saturated heterocycles. The molecule has 1 aromatic carbocycles. The molecule has 3 rings (SSSR count). The molecule has 0 bridgehead atoms. The topological polar surface area (TPSA) is 23.6 Å². The zero-order valence-corrected chi connectivity index (χ0v) is 14.1. The standard InChI is InChI=1S/C12H22N2O.C7H8/c1-11(15)13-7-9-14(10-8-13)12-5-3-2-4-6-12;1-7-5-3-2-4-6-7/h12H,2-10H2,1H3;2-6H,1H3. The Kier molecular flexibility index (Phi) is 6.91. The van der Waals surface area contributed by atoms with Gasteiger partial charge in [-0.3, -0.25) is 9.69 Å². The van der Waals surface area contributed by atoms with Gasteiger partial charge in [0.15, 0.2) is 0 Å². The van der Waals surface area contributed by atoms with Crippen molar-refractivity contribution in [2.45, 2.75) is 52.0 Å². The molecule has 1 saturated carbocycles. The molecule has 3 heteroatoms. The number of piperazine rings is 1. The van der Waals surface area contributed by atoms with E-state index >= 15 is 0 Å². The lowest BCUT2D eigenvalue weighted by Gasteiger charge is -2.40. The number of rotatable bonds is 1. The normalized spacial score (nSPS) is 20.2. The number of hydrogen-bond acceptors (Lipinski definition) is 2. The highest BCUT2D eigenvalue weighted by atomic mass is 16.2. The molecule has 0 unspecified atom stereocenters. The molecule has 2 fully saturated rings. The van der Waals surface area contributed by atoms with Crippen LogP contribution in [0.2, 0.25) is 0 Å². The molecule has 122 valence electrons. The van der Waals surface area contributed by atoms with Crippen LogP contribution < -0.4 is 0 Å². The zero-order valence-electron chi connectivity index (χ0n) is 14.1. The van der Waals surface area contributed by atoms with Crippen molar-refractivity contribution in [3.63, 3.8) is 0 Å². The predicted molar refractivity (Wildman–Crippen MR) is 91.9 cm³/mol. The quantitative estimate of drug-likeness (QED) is 0.793. The van der Waals surface area contributed by atoms with Crippen LogP contribution in [0.3, 0.4) is 0 Å². The van der Waals surface area contributed by atoms with Gasteiger partial charge in [0.25, 0.3) is 0 Å². The second-order valence-corrected chi connectivity index (χ2v) is 6.49. The summed E-state index contributed by atoms with van der Waals surface area (Å²) in [5.41, 5.74) is 1.32. The van der Waals surface area contributed by atoms with E-state index in [1.54, 1.807) is 6.92 Å². The number of carbonyl (C=O) groups is 1. The molecule has 0 radical (unpaired) electrons. The maximum Gasteiger partial charge on any atom is 0.219 e. The molecule has 1 amide bonds. The van der Waals surface area contributed by atoms with Crippen molar-refractivity contribution in [3.05, 3.63) is 35.9 Å². The monoisotopic (exact) mass is 302 g/mol. The highest BCUT2D eigenvalue weighted by Crippen LogP contribution is 2.23. The van der Waals surface area contributed by atoms with E-state index in [0.717, 1.165) is 32.2 Å². The van der Waals surface area contributed by atoms with Gasteiger partial charge < -0.3 is 4.90 Å². The Balaban J connectivity index is 0.000000211. The Bertz CT molecular complexity index is 432. The predicted octanol–water partition coefficient (Wildman–Crippen LogP) is 3.48. The molecular formula is C19H30N2O. The van der Waals surface area contributed by atoms with Gasteiger partial charge in [0, 0.05) is 39.1 Å². The van der Waals surface area contributed by atoms with Gasteiger partial charge in [-0.1, -0.05) is 55.2 Å². The first-order valence-corrected chi connectivity index (χ1v) is 8.68. The fourth-order valence-electron chi connectivity index (χ4n) is 3.38. The Morgan fingerprint density at radius 2 is 1.55 bits per heavy atom. The summed E-state index contributed by atoms with van der Waals surface area (Å²) < 4.78 is 0. The summed E-state index contributed by atoms with van der Waals surface area (Å²) in [6.07, 6.45) is 6.97. The molecule has 1 aliphatic carbocycles. The highest BCUT2D eigenvalue weighted by molar-refractivity contribution is 5.73. The summed E-state index contributed by atoms with van der Waals surface area (Å²) in [5, 5.41) is 0. The van der Waals surface area contributed by atoms with Crippen molar-refractivity contribution in [1.29, 1.82) is 0 Å². The second-order valence-electron chi connectivity index (χ2n) is 6.49. The second kappa shape index (κ2) is 8.94. The van der Waals surface area contributed by atoms with Crippen LogP contribution in [0, 0.1) is 6.92 Å². The van der Waals surface area contributed by atoms with Gasteiger partial charge in [-0.15, -0.1) is 0 Å². The third kappa shape index (κ3) is 5.45. The minimum absolute atomic E-state index is 0.235. The largest absolute Gasteiger partial charge is 0.340 e. The molecule has 22 heavy (non-hydrogen) atoms. The summed E-state index contributed by atoms with van der Waals surface area (Å²) in [4.78, 5) is 15.8. The van der Waals surface area contributed by atoms with Gasteiger partial charge in [0.05, 0.1) is 0 Å². The Hall–Kier alpha value is -1.35. The van der Waals surface area contributed by atoms with Crippen LogP contribution in [0.1, 0.15) is 44.6 Å². The van der Waals surface area contributed by atoms with Crippen molar-refractivity contribution in [2.24, 2.45) is 0 Å². The first-order valence-electron chi connectivity index (χ1n) is 8.68. The third-order valence-corrected chi connectivity index (χ3v) is 4.79. The zero-order chi connectivity index (χ0) is 15.8. The van der Waals surface area contributed by atoms with Crippen molar-refractivity contribution in [3.8, 4) is 0 Å². The first-order chi connectivity index (χ1) is 10.7.